The maximum absolute atomic E-state index is 11.7. The number of anilines is 1. The lowest BCUT2D eigenvalue weighted by Gasteiger charge is -2.12. The third kappa shape index (κ3) is 3.45. The normalized spacial score (nSPS) is 18.6. The van der Waals surface area contributed by atoms with Crippen molar-refractivity contribution >= 4 is 11.6 Å². The van der Waals surface area contributed by atoms with Crippen LogP contribution in [0.2, 0.25) is 0 Å². The minimum atomic E-state index is -0.161. The van der Waals surface area contributed by atoms with E-state index in [1.165, 1.54) is 0 Å². The van der Waals surface area contributed by atoms with Gasteiger partial charge in [0.05, 0.1) is 18.9 Å². The molecule has 1 saturated heterocycles. The summed E-state index contributed by atoms with van der Waals surface area (Å²) in [5, 5.41) is 5.96. The number of amides is 1. The Bertz CT molecular complexity index is 403. The summed E-state index contributed by atoms with van der Waals surface area (Å²) in [5.41, 5.74) is 0.665. The fourth-order valence-electron chi connectivity index (χ4n) is 1.90. The van der Waals surface area contributed by atoms with Crippen molar-refractivity contribution in [2.24, 2.45) is 0 Å². The summed E-state index contributed by atoms with van der Waals surface area (Å²) in [7, 11) is 1.58. The Morgan fingerprint density at radius 2 is 2.33 bits per heavy atom. The monoisotopic (exact) mass is 250 g/mol. The second-order valence-electron chi connectivity index (χ2n) is 4.17. The summed E-state index contributed by atoms with van der Waals surface area (Å²) in [6.45, 7) is 1.85. The van der Waals surface area contributed by atoms with Crippen LogP contribution in [0.15, 0.2) is 24.3 Å². The molecule has 18 heavy (non-hydrogen) atoms. The summed E-state index contributed by atoms with van der Waals surface area (Å²) < 4.78 is 10.7. The predicted molar refractivity (Wildman–Crippen MR) is 68.9 cm³/mol. The minimum Gasteiger partial charge on any atom is -0.495 e. The molecule has 0 spiro atoms. The maximum Gasteiger partial charge on any atom is 0.250 e. The Morgan fingerprint density at radius 3 is 3.06 bits per heavy atom. The van der Waals surface area contributed by atoms with Gasteiger partial charge in [-0.2, -0.15) is 0 Å². The summed E-state index contributed by atoms with van der Waals surface area (Å²) in [6, 6.07) is 7.31. The molecule has 0 radical (unpaired) electrons. The third-order valence-corrected chi connectivity index (χ3v) is 2.85. The van der Waals surface area contributed by atoms with Gasteiger partial charge in [-0.1, -0.05) is 12.1 Å². The number of hydrogen-bond acceptors (Lipinski definition) is 4. The number of para-hydroxylation sites is 2. The average Bonchev–Trinajstić information content (AvgIpc) is 2.90. The van der Waals surface area contributed by atoms with E-state index in [1.807, 2.05) is 12.1 Å². The molecule has 1 aliphatic heterocycles. The fourth-order valence-corrected chi connectivity index (χ4v) is 1.90. The van der Waals surface area contributed by atoms with Gasteiger partial charge in [-0.15, -0.1) is 0 Å². The van der Waals surface area contributed by atoms with Crippen molar-refractivity contribution in [1.82, 2.24) is 5.32 Å². The van der Waals surface area contributed by atoms with Crippen LogP contribution < -0.4 is 15.4 Å². The number of carbonyl (C=O) groups is 1. The van der Waals surface area contributed by atoms with E-state index < -0.39 is 0 Å². The Morgan fingerprint density at radius 1 is 1.50 bits per heavy atom. The van der Waals surface area contributed by atoms with Crippen LogP contribution in [0.5, 0.6) is 5.75 Å². The smallest absolute Gasteiger partial charge is 0.250 e. The Balaban J connectivity index is 1.82. The van der Waals surface area contributed by atoms with Crippen molar-refractivity contribution in [3.8, 4) is 5.75 Å². The van der Waals surface area contributed by atoms with Gasteiger partial charge in [0, 0.05) is 6.54 Å². The van der Waals surface area contributed by atoms with Crippen molar-refractivity contribution in [2.45, 2.75) is 12.5 Å². The van der Waals surface area contributed by atoms with Gasteiger partial charge >= 0.3 is 0 Å². The van der Waals surface area contributed by atoms with E-state index in [4.69, 9.17) is 9.47 Å². The number of carbonyl (C=O) groups excluding carboxylic acids is 1. The molecule has 1 heterocycles. The first-order chi connectivity index (χ1) is 8.79. The highest BCUT2D eigenvalue weighted by atomic mass is 16.5. The SMILES string of the molecule is COc1ccccc1NC(=O)COC1CCNC1. The van der Waals surface area contributed by atoms with Crippen LogP contribution in [-0.2, 0) is 9.53 Å². The van der Waals surface area contributed by atoms with Crippen molar-refractivity contribution in [3.05, 3.63) is 24.3 Å². The average molecular weight is 250 g/mol. The highest BCUT2D eigenvalue weighted by Gasteiger charge is 2.16. The third-order valence-electron chi connectivity index (χ3n) is 2.85. The standard InChI is InChI=1S/C13H18N2O3/c1-17-12-5-3-2-4-11(12)15-13(16)9-18-10-6-7-14-8-10/h2-5,10,14H,6-9H2,1H3,(H,15,16). The minimum absolute atomic E-state index is 0.0738. The summed E-state index contributed by atoms with van der Waals surface area (Å²) in [6.07, 6.45) is 1.11. The Kier molecular flexibility index (Phi) is 4.55. The second kappa shape index (κ2) is 6.37. The molecule has 1 aliphatic rings. The van der Waals surface area contributed by atoms with Crippen LogP contribution in [0.25, 0.3) is 0 Å². The van der Waals surface area contributed by atoms with Gasteiger partial charge in [0.25, 0.3) is 0 Å². The van der Waals surface area contributed by atoms with E-state index >= 15 is 0 Å². The number of methoxy groups -OCH3 is 1. The zero-order valence-electron chi connectivity index (χ0n) is 10.4. The lowest BCUT2D eigenvalue weighted by atomic mass is 10.3. The number of nitrogens with one attached hydrogen (secondary N) is 2. The van der Waals surface area contributed by atoms with E-state index in [1.54, 1.807) is 19.2 Å². The molecule has 1 fully saturated rings. The molecule has 0 bridgehead atoms. The van der Waals surface area contributed by atoms with Gasteiger partial charge in [-0.25, -0.2) is 0 Å². The molecule has 2 N–H and O–H groups in total. The molecule has 0 saturated carbocycles. The number of rotatable bonds is 5. The van der Waals surface area contributed by atoms with Crippen molar-refractivity contribution in [1.29, 1.82) is 0 Å². The quantitative estimate of drug-likeness (QED) is 0.819. The Hall–Kier alpha value is -1.59. The highest BCUT2D eigenvalue weighted by Crippen LogP contribution is 2.22. The van der Waals surface area contributed by atoms with E-state index in [-0.39, 0.29) is 18.6 Å². The molecular weight excluding hydrogens is 232 g/mol. The molecule has 1 amide bonds. The van der Waals surface area contributed by atoms with Gasteiger partial charge < -0.3 is 20.1 Å². The van der Waals surface area contributed by atoms with Crippen molar-refractivity contribution in [2.75, 3.05) is 32.1 Å². The number of hydrogen-bond donors (Lipinski definition) is 2. The summed E-state index contributed by atoms with van der Waals surface area (Å²) in [4.78, 5) is 11.7. The van der Waals surface area contributed by atoms with Crippen LogP contribution in [0.4, 0.5) is 5.69 Å². The Labute approximate surface area is 106 Å². The molecule has 1 aromatic rings. The van der Waals surface area contributed by atoms with Gasteiger partial charge in [-0.3, -0.25) is 4.79 Å². The second-order valence-corrected chi connectivity index (χ2v) is 4.17. The van der Waals surface area contributed by atoms with Gasteiger partial charge in [0.15, 0.2) is 0 Å². The highest BCUT2D eigenvalue weighted by molar-refractivity contribution is 5.93. The first-order valence-corrected chi connectivity index (χ1v) is 6.05. The molecule has 5 nitrogen and oxygen atoms in total. The molecule has 1 atom stereocenters. The van der Waals surface area contributed by atoms with Crippen molar-refractivity contribution in [3.63, 3.8) is 0 Å². The van der Waals surface area contributed by atoms with Gasteiger partial charge in [0.2, 0.25) is 5.91 Å². The van der Waals surface area contributed by atoms with Gasteiger partial charge in [-0.05, 0) is 25.1 Å². The number of benzene rings is 1. The summed E-state index contributed by atoms with van der Waals surface area (Å²) >= 11 is 0. The van der Waals surface area contributed by atoms with Crippen molar-refractivity contribution < 1.29 is 14.3 Å². The molecule has 5 heteroatoms. The lowest BCUT2D eigenvalue weighted by Crippen LogP contribution is -2.24. The molecule has 98 valence electrons. The molecule has 0 aromatic heterocycles. The molecule has 1 aromatic carbocycles. The van der Waals surface area contributed by atoms with E-state index in [0.29, 0.717) is 11.4 Å². The fraction of sp³-hybridized carbons (Fsp3) is 0.462. The van der Waals surface area contributed by atoms with Crippen LogP contribution in [0.3, 0.4) is 0 Å². The first-order valence-electron chi connectivity index (χ1n) is 6.05. The van der Waals surface area contributed by atoms with Crippen LogP contribution in [0, 0.1) is 0 Å². The predicted octanol–water partition coefficient (Wildman–Crippen LogP) is 1.01. The molecule has 2 rings (SSSR count). The lowest BCUT2D eigenvalue weighted by molar-refractivity contribution is -0.122. The molecular formula is C13H18N2O3. The van der Waals surface area contributed by atoms with Crippen LogP contribution in [-0.4, -0.2) is 38.8 Å². The maximum atomic E-state index is 11.7. The first kappa shape index (κ1) is 12.9. The largest absolute Gasteiger partial charge is 0.495 e. The topological polar surface area (TPSA) is 59.6 Å². The van der Waals surface area contributed by atoms with Crippen LogP contribution >= 0.6 is 0 Å². The van der Waals surface area contributed by atoms with E-state index in [2.05, 4.69) is 10.6 Å². The molecule has 1 unspecified atom stereocenters. The molecule has 0 aliphatic carbocycles. The number of ether oxygens (including phenoxy) is 2. The zero-order chi connectivity index (χ0) is 12.8. The zero-order valence-corrected chi connectivity index (χ0v) is 10.4. The van der Waals surface area contributed by atoms with E-state index in [9.17, 15) is 4.79 Å². The van der Waals surface area contributed by atoms with Gasteiger partial charge in [0.1, 0.15) is 12.4 Å². The summed E-state index contributed by atoms with van der Waals surface area (Å²) in [5.74, 6) is 0.486. The van der Waals surface area contributed by atoms with Crippen LogP contribution in [0.1, 0.15) is 6.42 Å². The van der Waals surface area contributed by atoms with E-state index in [0.717, 1.165) is 19.5 Å².